The van der Waals surface area contributed by atoms with Gasteiger partial charge in [-0.25, -0.2) is 4.79 Å². The van der Waals surface area contributed by atoms with Gasteiger partial charge in [0.15, 0.2) is 5.76 Å². The highest BCUT2D eigenvalue weighted by Gasteiger charge is 2.54. The van der Waals surface area contributed by atoms with Crippen LogP contribution in [-0.4, -0.2) is 57.5 Å². The van der Waals surface area contributed by atoms with Crippen LogP contribution >= 0.6 is 11.8 Å². The zero-order chi connectivity index (χ0) is 26.9. The molecule has 1 fully saturated rings. The van der Waals surface area contributed by atoms with Crippen LogP contribution in [0.5, 0.6) is 5.75 Å². The largest absolute Gasteiger partial charge is 0.485 e. The van der Waals surface area contributed by atoms with Crippen LogP contribution in [0.2, 0.25) is 0 Å². The molecule has 0 bridgehead atoms. The van der Waals surface area contributed by atoms with Gasteiger partial charge in [0.25, 0.3) is 11.8 Å². The molecule has 2 aromatic rings. The van der Waals surface area contributed by atoms with E-state index in [2.05, 4.69) is 19.2 Å². The smallest absolute Gasteiger partial charge is 0.352 e. The topological polar surface area (TPSA) is 135 Å². The number of hydrogen-bond acceptors (Lipinski definition) is 8. The number of carboxylic acids is 1. The third-order valence-electron chi connectivity index (χ3n) is 6.03. The van der Waals surface area contributed by atoms with Crippen LogP contribution in [0.25, 0.3) is 0 Å². The minimum atomic E-state index is -1.30. The van der Waals surface area contributed by atoms with E-state index in [9.17, 15) is 24.3 Å². The average molecular weight is 529 g/mol. The first-order valence-corrected chi connectivity index (χ1v) is 12.8. The van der Waals surface area contributed by atoms with Gasteiger partial charge in [-0.1, -0.05) is 26.0 Å². The Labute approximate surface area is 218 Å². The molecule has 2 amide bonds. The van der Waals surface area contributed by atoms with Crippen LogP contribution in [0.4, 0.5) is 0 Å². The van der Waals surface area contributed by atoms with Crippen LogP contribution in [0.15, 0.2) is 46.0 Å². The number of thioether (sulfide) groups is 1. The molecule has 3 heterocycles. The van der Waals surface area contributed by atoms with Crippen LogP contribution in [-0.2, 0) is 25.7 Å². The number of carbonyl (C=O) groups excluding carboxylic acids is 3. The Kier molecular flexibility index (Phi) is 7.63. The van der Waals surface area contributed by atoms with E-state index >= 15 is 0 Å². The molecule has 0 unspecified atom stereocenters. The lowest BCUT2D eigenvalue weighted by molar-refractivity contribution is -0.149. The number of amides is 2. The molecule has 2 atom stereocenters. The van der Waals surface area contributed by atoms with Gasteiger partial charge >= 0.3 is 11.9 Å². The second-order valence-corrected chi connectivity index (χ2v) is 10.3. The molecule has 2 N–H and O–H groups in total. The second kappa shape index (κ2) is 10.7. The SMILES string of the molecule is CC(=O)OCC1=C(C(=O)O)N2C(=O)[C@@H](NC(=O)c3ccc(COc4cc(C)ccc4C(C)C)o3)[C@@H]2SC1. The van der Waals surface area contributed by atoms with E-state index in [1.165, 1.54) is 24.8 Å². The van der Waals surface area contributed by atoms with Crippen LogP contribution in [0, 0.1) is 6.92 Å². The van der Waals surface area contributed by atoms with Gasteiger partial charge in [-0.15, -0.1) is 11.8 Å². The first-order chi connectivity index (χ1) is 17.6. The number of esters is 1. The number of fused-ring (bicyclic) bond motifs is 1. The number of nitrogens with zero attached hydrogens (tertiary/aromatic N) is 1. The number of rotatable bonds is 9. The molecule has 37 heavy (non-hydrogen) atoms. The summed E-state index contributed by atoms with van der Waals surface area (Å²) >= 11 is 1.29. The lowest BCUT2D eigenvalue weighted by atomic mass is 10.0. The third-order valence-corrected chi connectivity index (χ3v) is 7.37. The van der Waals surface area contributed by atoms with Gasteiger partial charge in [-0.2, -0.15) is 0 Å². The van der Waals surface area contributed by atoms with Gasteiger partial charge in [0.05, 0.1) is 0 Å². The van der Waals surface area contributed by atoms with Crippen LogP contribution in [0.1, 0.15) is 54.1 Å². The number of hydrogen-bond donors (Lipinski definition) is 2. The summed E-state index contributed by atoms with van der Waals surface area (Å²) in [7, 11) is 0. The molecule has 2 aliphatic rings. The lowest BCUT2D eigenvalue weighted by Gasteiger charge is -2.49. The molecule has 196 valence electrons. The molecule has 1 saturated heterocycles. The number of benzene rings is 1. The van der Waals surface area contributed by atoms with Crippen molar-refractivity contribution in [3.63, 3.8) is 0 Å². The Morgan fingerprint density at radius 3 is 2.65 bits per heavy atom. The molecule has 11 heteroatoms. The molecule has 1 aromatic heterocycles. The summed E-state index contributed by atoms with van der Waals surface area (Å²) in [6, 6.07) is 8.25. The second-order valence-electron chi connectivity index (χ2n) is 9.15. The number of furan rings is 1. The summed E-state index contributed by atoms with van der Waals surface area (Å²) in [4.78, 5) is 49.6. The van der Waals surface area contributed by atoms with Gasteiger partial charge in [-0.05, 0) is 42.2 Å². The van der Waals surface area contributed by atoms with Crippen molar-refractivity contribution < 1.29 is 38.2 Å². The molecule has 4 rings (SSSR count). The van der Waals surface area contributed by atoms with E-state index in [1.807, 2.05) is 25.1 Å². The minimum Gasteiger partial charge on any atom is -0.485 e. The first kappa shape index (κ1) is 26.3. The van der Waals surface area contributed by atoms with E-state index in [4.69, 9.17) is 13.9 Å². The van der Waals surface area contributed by atoms with Crippen molar-refractivity contribution in [2.24, 2.45) is 0 Å². The Hall–Kier alpha value is -3.73. The maximum atomic E-state index is 12.8. The fourth-order valence-corrected chi connectivity index (χ4v) is 5.49. The van der Waals surface area contributed by atoms with Crippen LogP contribution < -0.4 is 10.1 Å². The minimum absolute atomic E-state index is 0.0172. The van der Waals surface area contributed by atoms with Gasteiger partial charge in [0.2, 0.25) is 0 Å². The highest BCUT2D eigenvalue weighted by Crippen LogP contribution is 2.40. The number of carboxylic acid groups (broad SMARTS) is 1. The zero-order valence-electron chi connectivity index (χ0n) is 20.9. The van der Waals surface area contributed by atoms with E-state index in [0.717, 1.165) is 21.8 Å². The highest BCUT2D eigenvalue weighted by atomic mass is 32.2. The van der Waals surface area contributed by atoms with Crippen molar-refractivity contribution in [1.82, 2.24) is 10.2 Å². The van der Waals surface area contributed by atoms with Crippen molar-refractivity contribution in [2.45, 2.75) is 51.6 Å². The lowest BCUT2D eigenvalue weighted by Crippen LogP contribution is -2.70. The van der Waals surface area contributed by atoms with Crippen molar-refractivity contribution in [1.29, 1.82) is 0 Å². The summed E-state index contributed by atoms with van der Waals surface area (Å²) in [5.41, 5.74) is 2.25. The van der Waals surface area contributed by atoms with E-state index < -0.39 is 35.2 Å². The molecule has 0 aliphatic carbocycles. The summed E-state index contributed by atoms with van der Waals surface area (Å²) in [6.07, 6.45) is 0. The summed E-state index contributed by atoms with van der Waals surface area (Å²) in [6.45, 7) is 7.28. The molecule has 0 saturated carbocycles. The Morgan fingerprint density at radius 2 is 1.97 bits per heavy atom. The molecule has 0 spiro atoms. The number of carbonyl (C=O) groups is 4. The van der Waals surface area contributed by atoms with E-state index in [1.54, 1.807) is 6.07 Å². The number of aryl methyl sites for hydroxylation is 1. The predicted molar refractivity (Wildman–Crippen MR) is 134 cm³/mol. The average Bonchev–Trinajstić information content (AvgIpc) is 3.32. The zero-order valence-corrected chi connectivity index (χ0v) is 21.7. The quantitative estimate of drug-likeness (QED) is 0.371. The predicted octanol–water partition coefficient (Wildman–Crippen LogP) is 3.21. The molecule has 2 aliphatic heterocycles. The van der Waals surface area contributed by atoms with Gasteiger partial charge in [0.1, 0.15) is 41.8 Å². The standard InChI is InChI=1S/C26H28N2O8S/c1-13(2)18-7-5-14(3)9-20(18)35-11-17-6-8-19(36-17)23(30)27-21-24(31)28-22(26(32)33)16(10-34-15(4)29)12-37-25(21)28/h5-9,13,21,25H,10-12H2,1-4H3,(H,27,30)(H,32,33)/t21-,25+/m1/s1. The van der Waals surface area contributed by atoms with Crippen molar-refractivity contribution >= 4 is 35.5 Å². The van der Waals surface area contributed by atoms with Crippen LogP contribution in [0.3, 0.4) is 0 Å². The molecular formula is C26H28N2O8S. The Morgan fingerprint density at radius 1 is 1.22 bits per heavy atom. The summed E-state index contributed by atoms with van der Waals surface area (Å²) in [5, 5.41) is 11.7. The van der Waals surface area contributed by atoms with Gasteiger partial charge in [0, 0.05) is 18.2 Å². The Balaban J connectivity index is 1.39. The van der Waals surface area contributed by atoms with Gasteiger partial charge in [-0.3, -0.25) is 19.3 Å². The fourth-order valence-electron chi connectivity index (χ4n) is 4.17. The number of aliphatic carboxylic acids is 1. The van der Waals surface area contributed by atoms with Crippen molar-refractivity contribution in [2.75, 3.05) is 12.4 Å². The van der Waals surface area contributed by atoms with Crippen molar-refractivity contribution in [3.8, 4) is 5.75 Å². The normalized spacial score (nSPS) is 18.8. The fraction of sp³-hybridized carbons (Fsp3) is 0.385. The first-order valence-electron chi connectivity index (χ1n) is 11.7. The summed E-state index contributed by atoms with van der Waals surface area (Å²) < 4.78 is 16.5. The molecule has 0 radical (unpaired) electrons. The van der Waals surface area contributed by atoms with E-state index in [-0.39, 0.29) is 36.3 Å². The van der Waals surface area contributed by atoms with E-state index in [0.29, 0.717) is 11.3 Å². The number of nitrogens with one attached hydrogen (secondary N) is 1. The van der Waals surface area contributed by atoms with Crippen molar-refractivity contribution in [3.05, 3.63) is 64.2 Å². The maximum absolute atomic E-state index is 12.8. The highest BCUT2D eigenvalue weighted by molar-refractivity contribution is 8.00. The maximum Gasteiger partial charge on any atom is 0.352 e. The molecule has 10 nitrogen and oxygen atoms in total. The van der Waals surface area contributed by atoms with Gasteiger partial charge < -0.3 is 24.3 Å². The third kappa shape index (κ3) is 5.51. The monoisotopic (exact) mass is 528 g/mol. The molecular weight excluding hydrogens is 500 g/mol. The summed E-state index contributed by atoms with van der Waals surface area (Å²) in [5.74, 6) is -1.25. The Bertz CT molecular complexity index is 1280. The number of β-lactam (4-membered cyclic amide) rings is 1. The number of ether oxygens (including phenoxy) is 2. The molecule has 1 aromatic carbocycles.